The van der Waals surface area contributed by atoms with Gasteiger partial charge in [-0.05, 0) is 18.9 Å². The highest BCUT2D eigenvalue weighted by Gasteiger charge is 2.19. The first-order valence-electron chi connectivity index (χ1n) is 6.80. The summed E-state index contributed by atoms with van der Waals surface area (Å²) in [6.07, 6.45) is 1.94. The van der Waals surface area contributed by atoms with Crippen molar-refractivity contribution in [3.8, 4) is 6.07 Å². The van der Waals surface area contributed by atoms with Gasteiger partial charge in [-0.2, -0.15) is 5.26 Å². The van der Waals surface area contributed by atoms with Crippen LogP contribution in [0.15, 0.2) is 12.3 Å². The molecular formula is C15H22N4O. The quantitative estimate of drug-likeness (QED) is 0.865. The van der Waals surface area contributed by atoms with Crippen molar-refractivity contribution < 1.29 is 4.79 Å². The summed E-state index contributed by atoms with van der Waals surface area (Å²) in [5.74, 6) is 0.278. The van der Waals surface area contributed by atoms with Crippen LogP contribution in [0, 0.1) is 24.2 Å². The van der Waals surface area contributed by atoms with E-state index in [0.717, 1.165) is 11.4 Å². The topological polar surface area (TPSA) is 69.0 Å². The normalized spacial score (nSPS) is 10.2. The van der Waals surface area contributed by atoms with E-state index in [4.69, 9.17) is 5.26 Å². The van der Waals surface area contributed by atoms with Crippen LogP contribution in [0.5, 0.6) is 0 Å². The number of carbonyl (C=O) groups is 1. The Morgan fingerprint density at radius 2 is 2.25 bits per heavy atom. The number of hydrogen-bond donors (Lipinski definition) is 1. The van der Waals surface area contributed by atoms with Crippen molar-refractivity contribution >= 4 is 11.6 Å². The molecule has 0 aromatic carbocycles. The zero-order chi connectivity index (χ0) is 15.1. The molecule has 0 saturated heterocycles. The molecule has 1 aromatic rings. The van der Waals surface area contributed by atoms with Crippen molar-refractivity contribution in [2.75, 3.05) is 25.5 Å². The fraction of sp³-hybridized carbons (Fsp3) is 0.533. The van der Waals surface area contributed by atoms with Crippen molar-refractivity contribution in [1.29, 1.82) is 5.26 Å². The number of nitrogens with zero attached hydrogens (tertiary/aromatic N) is 3. The minimum Gasteiger partial charge on any atom is -0.387 e. The molecule has 1 rings (SSSR count). The van der Waals surface area contributed by atoms with E-state index in [9.17, 15) is 4.79 Å². The minimum absolute atomic E-state index is 0.0780. The van der Waals surface area contributed by atoms with Gasteiger partial charge < -0.3 is 10.2 Å². The molecule has 0 bridgehead atoms. The van der Waals surface area contributed by atoms with Crippen molar-refractivity contribution in [2.45, 2.75) is 27.2 Å². The van der Waals surface area contributed by atoms with E-state index < -0.39 is 0 Å². The first-order valence-corrected chi connectivity index (χ1v) is 6.80. The van der Waals surface area contributed by atoms with Gasteiger partial charge in [-0.15, -0.1) is 0 Å². The lowest BCUT2D eigenvalue weighted by molar-refractivity contribution is 0.0740. The standard InChI is InChI=1S/C15H22N4O/c1-11(2)10-19(7-5-6-16)15(20)13-9-18-12(3)8-14(13)17-4/h8-9,11H,5,7,10H2,1-4H3,(H,17,18). The van der Waals surface area contributed by atoms with Crippen LogP contribution in [0.2, 0.25) is 0 Å². The van der Waals surface area contributed by atoms with Gasteiger partial charge in [-0.1, -0.05) is 13.8 Å². The molecule has 1 heterocycles. The molecule has 5 nitrogen and oxygen atoms in total. The van der Waals surface area contributed by atoms with E-state index in [1.807, 2.05) is 13.0 Å². The number of nitriles is 1. The Morgan fingerprint density at radius 1 is 1.55 bits per heavy atom. The second-order valence-corrected chi connectivity index (χ2v) is 5.17. The largest absolute Gasteiger partial charge is 0.387 e. The van der Waals surface area contributed by atoms with E-state index in [1.54, 1.807) is 18.1 Å². The van der Waals surface area contributed by atoms with Gasteiger partial charge in [0.1, 0.15) is 0 Å². The summed E-state index contributed by atoms with van der Waals surface area (Å²) in [6, 6.07) is 3.94. The molecule has 0 aliphatic heterocycles. The molecule has 0 spiro atoms. The zero-order valence-electron chi connectivity index (χ0n) is 12.6. The first kappa shape index (κ1) is 16.0. The molecule has 0 fully saturated rings. The number of hydrogen-bond acceptors (Lipinski definition) is 4. The number of carbonyl (C=O) groups excluding carboxylic acids is 1. The van der Waals surface area contributed by atoms with E-state index in [-0.39, 0.29) is 5.91 Å². The lowest BCUT2D eigenvalue weighted by Crippen LogP contribution is -2.35. The van der Waals surface area contributed by atoms with Crippen LogP contribution in [0.1, 0.15) is 36.3 Å². The van der Waals surface area contributed by atoms with Gasteiger partial charge in [0.2, 0.25) is 0 Å². The fourth-order valence-electron chi connectivity index (χ4n) is 2.01. The number of nitrogens with one attached hydrogen (secondary N) is 1. The van der Waals surface area contributed by atoms with E-state index in [0.29, 0.717) is 31.0 Å². The smallest absolute Gasteiger partial charge is 0.257 e. The summed E-state index contributed by atoms with van der Waals surface area (Å²) < 4.78 is 0. The van der Waals surface area contributed by atoms with Crippen LogP contribution in [0.3, 0.4) is 0 Å². The summed E-state index contributed by atoms with van der Waals surface area (Å²) in [5, 5.41) is 11.8. The molecule has 0 unspecified atom stereocenters. The van der Waals surface area contributed by atoms with Crippen molar-refractivity contribution in [3.63, 3.8) is 0 Å². The summed E-state index contributed by atoms with van der Waals surface area (Å²) in [4.78, 5) is 18.5. The van der Waals surface area contributed by atoms with E-state index in [2.05, 4.69) is 30.2 Å². The van der Waals surface area contributed by atoms with Crippen molar-refractivity contribution in [3.05, 3.63) is 23.5 Å². The number of pyridine rings is 1. The highest BCUT2D eigenvalue weighted by Crippen LogP contribution is 2.18. The Bertz CT molecular complexity index is 505. The predicted octanol–water partition coefficient (Wildman–Crippen LogP) is 2.44. The second kappa shape index (κ2) is 7.49. The number of anilines is 1. The predicted molar refractivity (Wildman–Crippen MR) is 79.5 cm³/mol. The summed E-state index contributed by atoms with van der Waals surface area (Å²) in [7, 11) is 1.79. The van der Waals surface area contributed by atoms with Gasteiger partial charge in [-0.3, -0.25) is 9.78 Å². The second-order valence-electron chi connectivity index (χ2n) is 5.17. The highest BCUT2D eigenvalue weighted by molar-refractivity contribution is 5.99. The average molecular weight is 274 g/mol. The molecule has 0 saturated carbocycles. The lowest BCUT2D eigenvalue weighted by atomic mass is 10.1. The Kier molecular flexibility index (Phi) is 5.98. The van der Waals surface area contributed by atoms with Gasteiger partial charge in [0.25, 0.3) is 5.91 Å². The van der Waals surface area contributed by atoms with Crippen LogP contribution in [0.4, 0.5) is 5.69 Å². The molecule has 20 heavy (non-hydrogen) atoms. The summed E-state index contributed by atoms with van der Waals surface area (Å²) in [6.45, 7) is 7.08. The molecule has 5 heteroatoms. The SMILES string of the molecule is CNc1cc(C)ncc1C(=O)N(CCC#N)CC(C)C. The van der Waals surface area contributed by atoms with Gasteiger partial charge in [-0.25, -0.2) is 0 Å². The zero-order valence-corrected chi connectivity index (χ0v) is 12.6. The van der Waals surface area contributed by atoms with Gasteiger partial charge in [0, 0.05) is 32.0 Å². The Balaban J connectivity index is 3.02. The third-order valence-electron chi connectivity index (χ3n) is 2.91. The molecule has 0 aliphatic carbocycles. The summed E-state index contributed by atoms with van der Waals surface area (Å²) in [5.41, 5.74) is 2.18. The van der Waals surface area contributed by atoms with E-state index in [1.165, 1.54) is 0 Å². The van der Waals surface area contributed by atoms with Crippen LogP contribution >= 0.6 is 0 Å². The number of aryl methyl sites for hydroxylation is 1. The van der Waals surface area contributed by atoms with E-state index >= 15 is 0 Å². The van der Waals surface area contributed by atoms with Crippen LogP contribution in [0.25, 0.3) is 0 Å². The number of rotatable bonds is 6. The molecule has 1 N–H and O–H groups in total. The molecule has 108 valence electrons. The molecule has 1 amide bonds. The number of aromatic nitrogens is 1. The third-order valence-corrected chi connectivity index (χ3v) is 2.91. The average Bonchev–Trinajstić information content (AvgIpc) is 2.42. The lowest BCUT2D eigenvalue weighted by Gasteiger charge is -2.24. The monoisotopic (exact) mass is 274 g/mol. The molecule has 0 atom stereocenters. The maximum Gasteiger partial charge on any atom is 0.257 e. The third kappa shape index (κ3) is 4.23. The molecule has 0 aliphatic rings. The maximum absolute atomic E-state index is 12.6. The van der Waals surface area contributed by atoms with Gasteiger partial charge >= 0.3 is 0 Å². The van der Waals surface area contributed by atoms with Gasteiger partial charge in [0.05, 0.1) is 23.7 Å². The minimum atomic E-state index is -0.0780. The first-order chi connectivity index (χ1) is 9.49. The Morgan fingerprint density at radius 3 is 2.80 bits per heavy atom. The Hall–Kier alpha value is -2.09. The molecule has 1 aromatic heterocycles. The van der Waals surface area contributed by atoms with Gasteiger partial charge in [0.15, 0.2) is 0 Å². The van der Waals surface area contributed by atoms with Crippen LogP contribution in [-0.2, 0) is 0 Å². The van der Waals surface area contributed by atoms with Crippen LogP contribution in [-0.4, -0.2) is 35.9 Å². The van der Waals surface area contributed by atoms with Crippen molar-refractivity contribution in [2.24, 2.45) is 5.92 Å². The number of amides is 1. The van der Waals surface area contributed by atoms with Crippen LogP contribution < -0.4 is 5.32 Å². The fourth-order valence-corrected chi connectivity index (χ4v) is 2.01. The van der Waals surface area contributed by atoms with Crippen molar-refractivity contribution in [1.82, 2.24) is 9.88 Å². The highest BCUT2D eigenvalue weighted by atomic mass is 16.2. The molecule has 0 radical (unpaired) electrons. The maximum atomic E-state index is 12.6. The Labute approximate surface area is 120 Å². The summed E-state index contributed by atoms with van der Waals surface area (Å²) >= 11 is 0. The molecular weight excluding hydrogens is 252 g/mol.